The van der Waals surface area contributed by atoms with Gasteiger partial charge in [0.15, 0.2) is 0 Å². The lowest BCUT2D eigenvalue weighted by molar-refractivity contribution is 0.0912. The number of aliphatic hydroxyl groups excluding tert-OH is 1. The number of benzene rings is 2. The first kappa shape index (κ1) is 17.7. The summed E-state index contributed by atoms with van der Waals surface area (Å²) >= 11 is 12.1. The number of aryl methyl sites for hydroxylation is 1. The molecular formula is C18H15Cl2FN2O2. The van der Waals surface area contributed by atoms with Crippen LogP contribution in [0.25, 0.3) is 10.9 Å². The Hall–Kier alpha value is -2.08. The van der Waals surface area contributed by atoms with E-state index in [2.05, 4.69) is 10.3 Å². The molecule has 4 nitrogen and oxygen atoms in total. The fourth-order valence-corrected chi connectivity index (χ4v) is 3.13. The number of aromatic nitrogens is 1. The number of halogens is 3. The normalized spacial score (nSPS) is 12.4. The highest BCUT2D eigenvalue weighted by molar-refractivity contribution is 6.42. The van der Waals surface area contributed by atoms with E-state index in [-0.39, 0.29) is 23.1 Å². The minimum absolute atomic E-state index is 0.264. The second-order valence-corrected chi connectivity index (χ2v) is 6.45. The van der Waals surface area contributed by atoms with E-state index >= 15 is 0 Å². The van der Waals surface area contributed by atoms with Gasteiger partial charge < -0.3 is 15.4 Å². The van der Waals surface area contributed by atoms with E-state index in [1.54, 1.807) is 37.3 Å². The van der Waals surface area contributed by atoms with Gasteiger partial charge in [0.05, 0.1) is 22.7 Å². The van der Waals surface area contributed by atoms with Gasteiger partial charge in [-0.05, 0) is 42.3 Å². The largest absolute Gasteiger partial charge is 0.394 e. The van der Waals surface area contributed by atoms with Crippen LogP contribution < -0.4 is 5.32 Å². The second-order valence-electron chi connectivity index (χ2n) is 5.67. The summed E-state index contributed by atoms with van der Waals surface area (Å²) in [5.74, 6) is -0.775. The van der Waals surface area contributed by atoms with Crippen molar-refractivity contribution in [3.8, 4) is 0 Å². The van der Waals surface area contributed by atoms with Gasteiger partial charge >= 0.3 is 0 Å². The van der Waals surface area contributed by atoms with E-state index in [4.69, 9.17) is 23.2 Å². The van der Waals surface area contributed by atoms with Crippen molar-refractivity contribution in [3.63, 3.8) is 0 Å². The molecule has 1 heterocycles. The molecule has 25 heavy (non-hydrogen) atoms. The van der Waals surface area contributed by atoms with Crippen LogP contribution in [0.5, 0.6) is 0 Å². The van der Waals surface area contributed by atoms with Gasteiger partial charge in [0.2, 0.25) is 0 Å². The smallest absolute Gasteiger partial charge is 0.268 e. The molecule has 0 spiro atoms. The summed E-state index contributed by atoms with van der Waals surface area (Å²) in [6.45, 7) is 1.30. The van der Waals surface area contributed by atoms with Gasteiger partial charge in [-0.2, -0.15) is 0 Å². The standard InChI is InChI=1S/C18H15Cl2FN2O2/c1-9-11-7-15(22-14(11)6-5-13(9)21)18(25)23-16(8-24)10-3-2-4-12(19)17(10)20/h2-7,16,22,24H,8H2,1H3,(H,23,25). The predicted octanol–water partition coefficient (Wildman–Crippen LogP) is 4.39. The van der Waals surface area contributed by atoms with Crippen LogP contribution in [0.1, 0.15) is 27.7 Å². The highest BCUT2D eigenvalue weighted by Crippen LogP contribution is 2.30. The second kappa shape index (κ2) is 7.04. The van der Waals surface area contributed by atoms with Crippen molar-refractivity contribution >= 4 is 40.0 Å². The van der Waals surface area contributed by atoms with Crippen molar-refractivity contribution in [2.45, 2.75) is 13.0 Å². The molecule has 3 rings (SSSR count). The van der Waals surface area contributed by atoms with Crippen LogP contribution in [0, 0.1) is 12.7 Å². The first-order valence-corrected chi connectivity index (χ1v) is 8.31. The van der Waals surface area contributed by atoms with Crippen LogP contribution >= 0.6 is 23.2 Å². The molecule has 3 aromatic rings. The Morgan fingerprint density at radius 2 is 2.08 bits per heavy atom. The number of H-pyrrole nitrogens is 1. The molecule has 0 aliphatic heterocycles. The van der Waals surface area contributed by atoms with Gasteiger partial charge in [0, 0.05) is 10.9 Å². The minimum atomic E-state index is -0.719. The van der Waals surface area contributed by atoms with Gasteiger partial charge in [-0.3, -0.25) is 4.79 Å². The molecule has 0 saturated carbocycles. The molecule has 0 fully saturated rings. The average molecular weight is 381 g/mol. The van der Waals surface area contributed by atoms with Crippen LogP contribution in [0.2, 0.25) is 10.0 Å². The van der Waals surface area contributed by atoms with Crippen LogP contribution in [0.15, 0.2) is 36.4 Å². The zero-order valence-electron chi connectivity index (χ0n) is 13.2. The summed E-state index contributed by atoms with van der Waals surface area (Å²) in [4.78, 5) is 15.5. The Bertz CT molecular complexity index is 956. The van der Waals surface area contributed by atoms with Gasteiger partial charge in [-0.15, -0.1) is 0 Å². The quantitative estimate of drug-likeness (QED) is 0.628. The Balaban J connectivity index is 1.90. The van der Waals surface area contributed by atoms with E-state index in [9.17, 15) is 14.3 Å². The molecule has 0 radical (unpaired) electrons. The number of aliphatic hydroxyl groups is 1. The zero-order chi connectivity index (χ0) is 18.1. The topological polar surface area (TPSA) is 65.1 Å². The molecule has 1 unspecified atom stereocenters. The number of fused-ring (bicyclic) bond motifs is 1. The van der Waals surface area contributed by atoms with Gasteiger partial charge in [-0.1, -0.05) is 35.3 Å². The van der Waals surface area contributed by atoms with E-state index < -0.39 is 11.9 Å². The maximum Gasteiger partial charge on any atom is 0.268 e. The average Bonchev–Trinajstić information content (AvgIpc) is 3.04. The maximum atomic E-state index is 13.7. The summed E-state index contributed by atoms with van der Waals surface area (Å²) in [7, 11) is 0. The molecule has 0 aliphatic carbocycles. The maximum absolute atomic E-state index is 13.7. The molecule has 0 saturated heterocycles. The number of hydrogen-bond acceptors (Lipinski definition) is 2. The van der Waals surface area contributed by atoms with Crippen LogP contribution in [0.3, 0.4) is 0 Å². The summed E-state index contributed by atoms with van der Waals surface area (Å²) in [5, 5.41) is 13.6. The number of carbonyl (C=O) groups excluding carboxylic acids is 1. The lowest BCUT2D eigenvalue weighted by atomic mass is 10.1. The Morgan fingerprint density at radius 3 is 2.80 bits per heavy atom. The lowest BCUT2D eigenvalue weighted by Crippen LogP contribution is -2.31. The van der Waals surface area contributed by atoms with E-state index in [0.29, 0.717) is 27.1 Å². The number of hydrogen-bond donors (Lipinski definition) is 3. The molecule has 0 aliphatic rings. The Labute approximate surface area is 153 Å². The summed E-state index contributed by atoms with van der Waals surface area (Å²) in [6.07, 6.45) is 0. The molecule has 1 aromatic heterocycles. The van der Waals surface area contributed by atoms with E-state index in [1.807, 2.05) is 0 Å². The number of carbonyl (C=O) groups is 1. The van der Waals surface area contributed by atoms with Crippen molar-refractivity contribution in [3.05, 3.63) is 69.1 Å². The highest BCUT2D eigenvalue weighted by atomic mass is 35.5. The Kier molecular flexibility index (Phi) is 4.99. The zero-order valence-corrected chi connectivity index (χ0v) is 14.7. The third-order valence-electron chi connectivity index (χ3n) is 4.10. The van der Waals surface area contributed by atoms with Crippen molar-refractivity contribution < 1.29 is 14.3 Å². The third-order valence-corrected chi connectivity index (χ3v) is 4.93. The van der Waals surface area contributed by atoms with Crippen molar-refractivity contribution in [2.75, 3.05) is 6.61 Å². The van der Waals surface area contributed by atoms with E-state index in [1.165, 1.54) is 6.07 Å². The number of rotatable bonds is 4. The van der Waals surface area contributed by atoms with Gasteiger partial charge in [0.25, 0.3) is 5.91 Å². The Morgan fingerprint density at radius 1 is 1.32 bits per heavy atom. The molecular weight excluding hydrogens is 366 g/mol. The summed E-state index contributed by atoms with van der Waals surface area (Å²) in [5.41, 5.74) is 1.90. The van der Waals surface area contributed by atoms with Gasteiger partial charge in [-0.25, -0.2) is 4.39 Å². The summed E-state index contributed by atoms with van der Waals surface area (Å²) in [6, 6.07) is 8.77. The molecule has 3 N–H and O–H groups in total. The fourth-order valence-electron chi connectivity index (χ4n) is 2.69. The SMILES string of the molecule is Cc1c(F)ccc2[nH]c(C(=O)NC(CO)c3cccc(Cl)c3Cl)cc12. The molecule has 1 amide bonds. The molecule has 0 bridgehead atoms. The summed E-state index contributed by atoms with van der Waals surface area (Å²) < 4.78 is 13.7. The number of nitrogens with one attached hydrogen (secondary N) is 2. The predicted molar refractivity (Wildman–Crippen MR) is 96.7 cm³/mol. The minimum Gasteiger partial charge on any atom is -0.394 e. The molecule has 2 aromatic carbocycles. The van der Waals surface area contributed by atoms with Crippen LogP contribution in [-0.4, -0.2) is 22.6 Å². The monoisotopic (exact) mass is 380 g/mol. The number of aromatic amines is 1. The fraction of sp³-hybridized carbons (Fsp3) is 0.167. The molecule has 7 heteroatoms. The first-order valence-electron chi connectivity index (χ1n) is 7.55. The lowest BCUT2D eigenvalue weighted by Gasteiger charge is -2.18. The highest BCUT2D eigenvalue weighted by Gasteiger charge is 2.20. The third kappa shape index (κ3) is 3.35. The first-order chi connectivity index (χ1) is 11.9. The molecule has 130 valence electrons. The molecule has 1 atom stereocenters. The van der Waals surface area contributed by atoms with Crippen molar-refractivity contribution in [1.82, 2.24) is 10.3 Å². The van der Waals surface area contributed by atoms with Gasteiger partial charge in [0.1, 0.15) is 11.5 Å². The van der Waals surface area contributed by atoms with Crippen molar-refractivity contribution in [2.24, 2.45) is 0 Å². The van der Waals surface area contributed by atoms with Crippen LogP contribution in [-0.2, 0) is 0 Å². The van der Waals surface area contributed by atoms with E-state index in [0.717, 1.165) is 0 Å². The number of amides is 1. The van der Waals surface area contributed by atoms with Crippen LogP contribution in [0.4, 0.5) is 4.39 Å². The van der Waals surface area contributed by atoms with Crippen molar-refractivity contribution in [1.29, 1.82) is 0 Å².